The maximum absolute atomic E-state index is 6.20. The fourth-order valence-electron chi connectivity index (χ4n) is 2.32. The number of morpholine rings is 1. The highest BCUT2D eigenvalue weighted by molar-refractivity contribution is 6.31. The molecule has 1 unspecified atom stereocenters. The van der Waals surface area contributed by atoms with Gasteiger partial charge in [-0.3, -0.25) is 4.90 Å². The molecule has 20 heavy (non-hydrogen) atoms. The van der Waals surface area contributed by atoms with Crippen molar-refractivity contribution in [1.82, 2.24) is 15.0 Å². The maximum atomic E-state index is 6.20. The summed E-state index contributed by atoms with van der Waals surface area (Å²) in [6.07, 6.45) is -0.135. The van der Waals surface area contributed by atoms with E-state index in [1.54, 1.807) is 6.92 Å². The number of benzene rings is 1. The summed E-state index contributed by atoms with van der Waals surface area (Å²) in [5, 5.41) is 4.73. The Labute approximate surface area is 122 Å². The van der Waals surface area contributed by atoms with Crippen LogP contribution < -0.4 is 0 Å². The van der Waals surface area contributed by atoms with Crippen LogP contribution >= 0.6 is 11.6 Å². The van der Waals surface area contributed by atoms with Gasteiger partial charge in [0.1, 0.15) is 6.10 Å². The second-order valence-corrected chi connectivity index (χ2v) is 5.26. The Kier molecular flexibility index (Phi) is 4.00. The van der Waals surface area contributed by atoms with Crippen LogP contribution in [0.15, 0.2) is 28.8 Å². The topological polar surface area (TPSA) is 51.4 Å². The summed E-state index contributed by atoms with van der Waals surface area (Å²) < 4.78 is 10.7. The number of nitrogens with zero attached hydrogens (tertiary/aromatic N) is 3. The molecule has 6 heteroatoms. The number of rotatable bonds is 3. The fraction of sp³-hybridized carbons (Fsp3) is 0.429. The van der Waals surface area contributed by atoms with E-state index >= 15 is 0 Å². The van der Waals surface area contributed by atoms with Crippen molar-refractivity contribution in [1.29, 1.82) is 0 Å². The van der Waals surface area contributed by atoms with Gasteiger partial charge in [-0.15, -0.1) is 0 Å². The molecule has 0 saturated carbocycles. The molecular weight excluding hydrogens is 278 g/mol. The lowest BCUT2D eigenvalue weighted by Crippen LogP contribution is -2.38. The first-order valence-corrected chi connectivity index (χ1v) is 6.98. The van der Waals surface area contributed by atoms with E-state index in [9.17, 15) is 0 Å². The molecule has 1 aliphatic heterocycles. The zero-order valence-electron chi connectivity index (χ0n) is 11.3. The minimum absolute atomic E-state index is 0.135. The first kappa shape index (κ1) is 13.5. The Morgan fingerprint density at radius 3 is 3.00 bits per heavy atom. The highest BCUT2D eigenvalue weighted by Crippen LogP contribution is 2.23. The summed E-state index contributed by atoms with van der Waals surface area (Å²) in [5.41, 5.74) is 1.12. The van der Waals surface area contributed by atoms with Crippen LogP contribution in [-0.2, 0) is 11.3 Å². The molecule has 1 saturated heterocycles. The highest BCUT2D eigenvalue weighted by atomic mass is 35.5. The average molecular weight is 294 g/mol. The Morgan fingerprint density at radius 2 is 2.25 bits per heavy atom. The zero-order valence-corrected chi connectivity index (χ0v) is 12.0. The van der Waals surface area contributed by atoms with Gasteiger partial charge in [-0.2, -0.15) is 4.98 Å². The molecule has 0 aliphatic carbocycles. The Hall–Kier alpha value is -1.43. The van der Waals surface area contributed by atoms with Crippen molar-refractivity contribution in [3.05, 3.63) is 46.6 Å². The second kappa shape index (κ2) is 5.91. The summed E-state index contributed by atoms with van der Waals surface area (Å²) in [5.74, 6) is 1.18. The third kappa shape index (κ3) is 3.00. The molecular formula is C14H16ClN3O2. The molecule has 0 amide bonds. The fourth-order valence-corrected chi connectivity index (χ4v) is 2.51. The summed E-state index contributed by atoms with van der Waals surface area (Å²) in [6.45, 7) is 4.85. The molecule has 5 nitrogen and oxygen atoms in total. The van der Waals surface area contributed by atoms with Gasteiger partial charge in [-0.1, -0.05) is 35.0 Å². The molecule has 2 aromatic rings. The minimum atomic E-state index is -0.135. The van der Waals surface area contributed by atoms with Crippen molar-refractivity contribution in [2.24, 2.45) is 0 Å². The number of hydrogen-bond acceptors (Lipinski definition) is 5. The standard InChI is InChI=1S/C14H16ClN3O2/c1-10-16-14(17-20-10)13-9-18(6-7-19-13)8-11-4-2-3-5-12(11)15/h2-5,13H,6-9H2,1H3. The van der Waals surface area contributed by atoms with Crippen LogP contribution in [0.2, 0.25) is 5.02 Å². The third-order valence-electron chi connectivity index (χ3n) is 3.33. The first-order valence-electron chi connectivity index (χ1n) is 6.60. The van der Waals surface area contributed by atoms with Crippen molar-refractivity contribution in [2.75, 3.05) is 19.7 Å². The van der Waals surface area contributed by atoms with Crippen LogP contribution in [0.5, 0.6) is 0 Å². The van der Waals surface area contributed by atoms with Crippen LogP contribution in [-0.4, -0.2) is 34.7 Å². The predicted octanol–water partition coefficient (Wildman–Crippen LogP) is 2.60. The maximum Gasteiger partial charge on any atom is 0.223 e. The minimum Gasteiger partial charge on any atom is -0.367 e. The molecule has 2 heterocycles. The van der Waals surface area contributed by atoms with Gasteiger partial charge >= 0.3 is 0 Å². The molecule has 1 fully saturated rings. The molecule has 1 aromatic carbocycles. The van der Waals surface area contributed by atoms with E-state index in [-0.39, 0.29) is 6.10 Å². The third-order valence-corrected chi connectivity index (χ3v) is 3.70. The molecule has 1 atom stereocenters. The molecule has 0 bridgehead atoms. The van der Waals surface area contributed by atoms with E-state index in [2.05, 4.69) is 15.0 Å². The molecule has 0 N–H and O–H groups in total. The van der Waals surface area contributed by atoms with Crippen LogP contribution in [0.3, 0.4) is 0 Å². The molecule has 1 aliphatic rings. The monoisotopic (exact) mass is 293 g/mol. The van der Waals surface area contributed by atoms with Crippen molar-refractivity contribution in [3.63, 3.8) is 0 Å². The number of aromatic nitrogens is 2. The number of ether oxygens (including phenoxy) is 1. The lowest BCUT2D eigenvalue weighted by atomic mass is 10.2. The van der Waals surface area contributed by atoms with Gasteiger partial charge in [0.25, 0.3) is 0 Å². The van der Waals surface area contributed by atoms with Crippen LogP contribution in [0.4, 0.5) is 0 Å². The smallest absolute Gasteiger partial charge is 0.223 e. The Morgan fingerprint density at radius 1 is 1.40 bits per heavy atom. The molecule has 3 rings (SSSR count). The lowest BCUT2D eigenvalue weighted by Gasteiger charge is -2.31. The van der Waals surface area contributed by atoms with Gasteiger partial charge in [-0.25, -0.2) is 0 Å². The van der Waals surface area contributed by atoms with Gasteiger partial charge in [-0.05, 0) is 11.6 Å². The van der Waals surface area contributed by atoms with Crippen molar-refractivity contribution < 1.29 is 9.26 Å². The highest BCUT2D eigenvalue weighted by Gasteiger charge is 2.26. The quantitative estimate of drug-likeness (QED) is 0.870. The molecule has 0 radical (unpaired) electrons. The van der Waals surface area contributed by atoms with Crippen LogP contribution in [0.1, 0.15) is 23.4 Å². The number of halogens is 1. The average Bonchev–Trinajstić information content (AvgIpc) is 2.89. The SMILES string of the molecule is Cc1nc(C2CN(Cc3ccccc3Cl)CCO2)no1. The van der Waals surface area contributed by atoms with E-state index in [1.165, 1.54) is 0 Å². The lowest BCUT2D eigenvalue weighted by molar-refractivity contribution is -0.0380. The van der Waals surface area contributed by atoms with Crippen molar-refractivity contribution in [3.8, 4) is 0 Å². The Balaban J connectivity index is 1.68. The van der Waals surface area contributed by atoms with Gasteiger partial charge in [0.2, 0.25) is 11.7 Å². The van der Waals surface area contributed by atoms with E-state index < -0.39 is 0 Å². The first-order chi connectivity index (χ1) is 9.72. The summed E-state index contributed by atoms with van der Waals surface area (Å²) in [6, 6.07) is 7.90. The predicted molar refractivity (Wildman–Crippen MR) is 74.5 cm³/mol. The molecule has 0 spiro atoms. The van der Waals surface area contributed by atoms with E-state index in [1.807, 2.05) is 24.3 Å². The largest absolute Gasteiger partial charge is 0.367 e. The summed E-state index contributed by atoms with van der Waals surface area (Å²) >= 11 is 6.20. The number of hydrogen-bond donors (Lipinski definition) is 0. The van der Waals surface area contributed by atoms with Crippen LogP contribution in [0, 0.1) is 6.92 Å². The van der Waals surface area contributed by atoms with E-state index in [0.717, 1.165) is 30.2 Å². The second-order valence-electron chi connectivity index (χ2n) is 4.86. The summed E-state index contributed by atoms with van der Waals surface area (Å²) in [7, 11) is 0. The number of aryl methyl sites for hydroxylation is 1. The normalized spacial score (nSPS) is 20.2. The molecule has 106 valence electrons. The van der Waals surface area contributed by atoms with Gasteiger partial charge in [0.15, 0.2) is 0 Å². The summed E-state index contributed by atoms with van der Waals surface area (Å²) in [4.78, 5) is 6.53. The van der Waals surface area contributed by atoms with Gasteiger partial charge in [0.05, 0.1) is 6.61 Å². The van der Waals surface area contributed by atoms with E-state index in [0.29, 0.717) is 18.3 Å². The van der Waals surface area contributed by atoms with Crippen molar-refractivity contribution >= 4 is 11.6 Å². The molecule has 1 aromatic heterocycles. The van der Waals surface area contributed by atoms with Crippen LogP contribution in [0.25, 0.3) is 0 Å². The van der Waals surface area contributed by atoms with Gasteiger partial charge in [0, 0.05) is 31.6 Å². The van der Waals surface area contributed by atoms with E-state index in [4.69, 9.17) is 20.9 Å². The van der Waals surface area contributed by atoms with Crippen molar-refractivity contribution in [2.45, 2.75) is 19.6 Å². The Bertz CT molecular complexity index is 587. The zero-order chi connectivity index (χ0) is 13.9. The van der Waals surface area contributed by atoms with Gasteiger partial charge < -0.3 is 9.26 Å².